The zero-order chi connectivity index (χ0) is 17.2. The minimum absolute atomic E-state index is 0.187. The molecule has 0 unspecified atom stereocenters. The van der Waals surface area contributed by atoms with Crippen LogP contribution >= 0.6 is 11.3 Å². The summed E-state index contributed by atoms with van der Waals surface area (Å²) in [6.45, 7) is 1.86. The number of hydrogen-bond acceptors (Lipinski definition) is 4. The Bertz CT molecular complexity index is 1000. The van der Waals surface area contributed by atoms with Gasteiger partial charge >= 0.3 is 0 Å². The minimum atomic E-state index is -0.187. The summed E-state index contributed by atoms with van der Waals surface area (Å²) in [4.78, 5) is 25.2. The van der Waals surface area contributed by atoms with Crippen molar-refractivity contribution < 1.29 is 4.79 Å². The van der Waals surface area contributed by atoms with Crippen molar-refractivity contribution in [2.45, 2.75) is 13.3 Å². The van der Waals surface area contributed by atoms with Gasteiger partial charge in [-0.1, -0.05) is 42.5 Å². The maximum atomic E-state index is 12.6. The number of benzene rings is 2. The van der Waals surface area contributed by atoms with E-state index in [2.05, 4.69) is 32.4 Å². The lowest BCUT2D eigenvalue weighted by Crippen LogP contribution is -2.12. The second-order valence-corrected chi connectivity index (χ2v) is 6.82. The Morgan fingerprint density at radius 2 is 1.84 bits per heavy atom. The van der Waals surface area contributed by atoms with Gasteiger partial charge in [-0.25, -0.2) is 9.97 Å². The fourth-order valence-corrected chi connectivity index (χ4v) is 3.68. The fourth-order valence-electron chi connectivity index (χ4n) is 2.69. The number of H-pyrrole nitrogens is 1. The van der Waals surface area contributed by atoms with Crippen molar-refractivity contribution in [1.29, 1.82) is 0 Å². The predicted octanol–water partition coefficient (Wildman–Crippen LogP) is 4.17. The molecule has 0 aliphatic heterocycles. The SMILES string of the molecule is Cc1nc(Cc2ccccc2)sc1C(=O)Nc1nc2ccccc2[nH]1. The minimum Gasteiger partial charge on any atom is -0.324 e. The number of anilines is 1. The molecule has 25 heavy (non-hydrogen) atoms. The molecule has 4 aromatic rings. The molecule has 0 fully saturated rings. The van der Waals surface area contributed by atoms with E-state index in [1.54, 1.807) is 0 Å². The van der Waals surface area contributed by atoms with Crippen molar-refractivity contribution in [3.05, 3.63) is 75.7 Å². The largest absolute Gasteiger partial charge is 0.324 e. The van der Waals surface area contributed by atoms with E-state index in [-0.39, 0.29) is 5.91 Å². The van der Waals surface area contributed by atoms with Crippen molar-refractivity contribution in [1.82, 2.24) is 15.0 Å². The molecule has 0 aliphatic carbocycles. The molecule has 5 nitrogen and oxygen atoms in total. The van der Waals surface area contributed by atoms with E-state index in [9.17, 15) is 4.79 Å². The van der Waals surface area contributed by atoms with Crippen LogP contribution in [-0.2, 0) is 6.42 Å². The van der Waals surface area contributed by atoms with Gasteiger partial charge in [-0.2, -0.15) is 0 Å². The lowest BCUT2D eigenvalue weighted by atomic mass is 10.2. The van der Waals surface area contributed by atoms with Gasteiger partial charge in [0, 0.05) is 6.42 Å². The first-order valence-electron chi connectivity index (χ1n) is 7.95. The normalized spacial score (nSPS) is 10.9. The first-order chi connectivity index (χ1) is 12.2. The van der Waals surface area contributed by atoms with Crippen LogP contribution in [0.5, 0.6) is 0 Å². The molecule has 0 atom stereocenters. The maximum Gasteiger partial charge on any atom is 0.269 e. The third-order valence-corrected chi connectivity index (χ3v) is 5.02. The number of nitrogens with zero attached hydrogens (tertiary/aromatic N) is 2. The van der Waals surface area contributed by atoms with Crippen LogP contribution in [0, 0.1) is 6.92 Å². The van der Waals surface area contributed by atoms with Crippen LogP contribution < -0.4 is 5.32 Å². The van der Waals surface area contributed by atoms with Crippen LogP contribution in [0.2, 0.25) is 0 Å². The van der Waals surface area contributed by atoms with Gasteiger partial charge in [0.05, 0.1) is 21.7 Å². The lowest BCUT2D eigenvalue weighted by Gasteiger charge is -1.99. The maximum absolute atomic E-state index is 12.6. The molecule has 2 aromatic heterocycles. The zero-order valence-electron chi connectivity index (χ0n) is 13.6. The Morgan fingerprint density at radius 1 is 1.08 bits per heavy atom. The molecule has 6 heteroatoms. The van der Waals surface area contributed by atoms with Crippen molar-refractivity contribution in [2.75, 3.05) is 5.32 Å². The molecule has 2 N–H and O–H groups in total. The number of nitrogens with one attached hydrogen (secondary N) is 2. The van der Waals surface area contributed by atoms with Crippen LogP contribution in [0.1, 0.15) is 25.9 Å². The van der Waals surface area contributed by atoms with Crippen molar-refractivity contribution in [3.63, 3.8) is 0 Å². The number of amides is 1. The van der Waals surface area contributed by atoms with E-state index < -0.39 is 0 Å². The Hall–Kier alpha value is -2.99. The monoisotopic (exact) mass is 348 g/mol. The molecule has 4 rings (SSSR count). The summed E-state index contributed by atoms with van der Waals surface area (Å²) in [7, 11) is 0. The number of aromatic nitrogens is 3. The highest BCUT2D eigenvalue weighted by Gasteiger charge is 2.17. The number of thiazole rings is 1. The van der Waals surface area contributed by atoms with Gasteiger partial charge in [0.2, 0.25) is 5.95 Å². The van der Waals surface area contributed by atoms with E-state index in [4.69, 9.17) is 0 Å². The standard InChI is InChI=1S/C19H16N4OS/c1-12-17(25-16(20-12)11-13-7-3-2-4-8-13)18(24)23-19-21-14-9-5-6-10-15(14)22-19/h2-10H,11H2,1H3,(H2,21,22,23,24). The van der Waals surface area contributed by atoms with Gasteiger partial charge in [0.1, 0.15) is 4.88 Å². The first kappa shape index (κ1) is 15.5. The van der Waals surface area contributed by atoms with E-state index >= 15 is 0 Å². The third kappa shape index (κ3) is 3.29. The highest BCUT2D eigenvalue weighted by atomic mass is 32.1. The molecule has 1 amide bonds. The summed E-state index contributed by atoms with van der Waals surface area (Å²) in [5.74, 6) is 0.261. The molecule has 0 bridgehead atoms. The van der Waals surface area contributed by atoms with Gasteiger partial charge in [0.15, 0.2) is 0 Å². The molecule has 0 aliphatic rings. The number of hydrogen-bond donors (Lipinski definition) is 2. The smallest absolute Gasteiger partial charge is 0.269 e. The number of rotatable bonds is 4. The fraction of sp³-hybridized carbons (Fsp3) is 0.105. The zero-order valence-corrected chi connectivity index (χ0v) is 14.4. The van der Waals surface area contributed by atoms with Crippen molar-refractivity contribution >= 4 is 34.2 Å². The van der Waals surface area contributed by atoms with E-state index in [1.807, 2.05) is 49.4 Å². The number of carbonyl (C=O) groups is 1. The number of fused-ring (bicyclic) bond motifs is 1. The molecule has 0 spiro atoms. The summed E-state index contributed by atoms with van der Waals surface area (Å²) < 4.78 is 0. The first-order valence-corrected chi connectivity index (χ1v) is 8.77. The predicted molar refractivity (Wildman–Crippen MR) is 100 cm³/mol. The number of aryl methyl sites for hydroxylation is 1. The van der Waals surface area contributed by atoms with Crippen LogP contribution in [0.4, 0.5) is 5.95 Å². The van der Waals surface area contributed by atoms with Gasteiger partial charge < -0.3 is 4.98 Å². The van der Waals surface area contributed by atoms with E-state index in [0.717, 1.165) is 28.2 Å². The molecule has 124 valence electrons. The van der Waals surface area contributed by atoms with Gasteiger partial charge in [0.25, 0.3) is 5.91 Å². The lowest BCUT2D eigenvalue weighted by molar-refractivity contribution is 0.102. The third-order valence-electron chi connectivity index (χ3n) is 3.87. The van der Waals surface area contributed by atoms with Crippen molar-refractivity contribution in [3.8, 4) is 0 Å². The number of aromatic amines is 1. The molecule has 2 heterocycles. The van der Waals surface area contributed by atoms with Crippen LogP contribution in [0.25, 0.3) is 11.0 Å². The average Bonchev–Trinajstić information content (AvgIpc) is 3.18. The average molecular weight is 348 g/mol. The second kappa shape index (κ2) is 6.49. The van der Waals surface area contributed by atoms with Crippen molar-refractivity contribution in [2.24, 2.45) is 0 Å². The van der Waals surface area contributed by atoms with Crippen LogP contribution in [0.15, 0.2) is 54.6 Å². The summed E-state index contributed by atoms with van der Waals surface area (Å²) in [6.07, 6.45) is 0.726. The van der Waals surface area contributed by atoms with Gasteiger partial charge in [-0.05, 0) is 24.6 Å². The molecular weight excluding hydrogens is 332 g/mol. The Labute approximate surface area is 148 Å². The number of carbonyl (C=O) groups excluding carboxylic acids is 1. The second-order valence-electron chi connectivity index (χ2n) is 5.74. The molecule has 2 aromatic carbocycles. The summed E-state index contributed by atoms with van der Waals surface area (Å²) in [6, 6.07) is 17.8. The van der Waals surface area contributed by atoms with E-state index in [0.29, 0.717) is 10.8 Å². The van der Waals surface area contributed by atoms with Crippen LogP contribution in [0.3, 0.4) is 0 Å². The quantitative estimate of drug-likeness (QED) is 0.581. The molecule has 0 saturated carbocycles. The van der Waals surface area contributed by atoms with Gasteiger partial charge in [-0.3, -0.25) is 10.1 Å². The highest BCUT2D eigenvalue weighted by Crippen LogP contribution is 2.22. The highest BCUT2D eigenvalue weighted by molar-refractivity contribution is 7.14. The Kier molecular flexibility index (Phi) is 4.03. The summed E-state index contributed by atoms with van der Waals surface area (Å²) in [5, 5.41) is 3.76. The molecule has 0 saturated heterocycles. The number of para-hydroxylation sites is 2. The topological polar surface area (TPSA) is 70.7 Å². The Balaban J connectivity index is 1.53. The van der Waals surface area contributed by atoms with Crippen LogP contribution in [-0.4, -0.2) is 20.9 Å². The number of imidazole rings is 1. The molecule has 0 radical (unpaired) electrons. The summed E-state index contributed by atoms with van der Waals surface area (Å²) >= 11 is 1.42. The Morgan fingerprint density at radius 3 is 2.64 bits per heavy atom. The molecular formula is C19H16N4OS. The van der Waals surface area contributed by atoms with E-state index in [1.165, 1.54) is 16.9 Å². The van der Waals surface area contributed by atoms with Gasteiger partial charge in [-0.15, -0.1) is 11.3 Å². The summed E-state index contributed by atoms with van der Waals surface area (Å²) in [5.41, 5.74) is 3.64.